The van der Waals surface area contributed by atoms with Crippen molar-refractivity contribution in [3.8, 4) is 0 Å². The van der Waals surface area contributed by atoms with E-state index in [1.54, 1.807) is 0 Å². The molecule has 92 valence electrons. The van der Waals surface area contributed by atoms with E-state index < -0.39 is 0 Å². The Morgan fingerprint density at radius 3 is 2.78 bits per heavy atom. The molecule has 5 nitrogen and oxygen atoms in total. The van der Waals surface area contributed by atoms with Gasteiger partial charge in [-0.05, 0) is 17.7 Å². The van der Waals surface area contributed by atoms with Gasteiger partial charge in [-0.1, -0.05) is 19.1 Å². The summed E-state index contributed by atoms with van der Waals surface area (Å²) in [6, 6.07) is 7.50. The summed E-state index contributed by atoms with van der Waals surface area (Å²) in [5.41, 5.74) is 4.31. The molecule has 0 saturated heterocycles. The zero-order valence-corrected chi connectivity index (χ0v) is 10.5. The minimum atomic E-state index is -0.0567. The molecule has 6 heteroatoms. The van der Waals surface area contributed by atoms with Gasteiger partial charge in [0, 0.05) is 29.2 Å². The van der Waals surface area contributed by atoms with Gasteiger partial charge in [-0.2, -0.15) is 5.10 Å². The lowest BCUT2D eigenvalue weighted by Crippen LogP contribution is -2.31. The van der Waals surface area contributed by atoms with E-state index in [1.807, 2.05) is 31.2 Å². The van der Waals surface area contributed by atoms with Gasteiger partial charge < -0.3 is 0 Å². The predicted octanol–water partition coefficient (Wildman–Crippen LogP) is 1.89. The quantitative estimate of drug-likeness (QED) is 0.513. The topological polar surface area (TPSA) is 70.9 Å². The molecule has 1 N–H and O–H groups in total. The number of rotatable bonds is 3. The molecule has 1 aromatic carbocycles. The number of isocyanates is 1. The van der Waals surface area contributed by atoms with E-state index in [0.717, 1.165) is 28.1 Å². The molecule has 18 heavy (non-hydrogen) atoms. The number of nitrogens with one attached hydrogen (secondary N) is 1. The molecule has 1 atom stereocenters. The normalized spacial score (nSPS) is 18.6. The molecular formula is C12H11N3O2S. The number of hydrogen-bond donors (Lipinski definition) is 1. The highest BCUT2D eigenvalue weighted by molar-refractivity contribution is 7.98. The van der Waals surface area contributed by atoms with Gasteiger partial charge in [0.25, 0.3) is 0 Å². The van der Waals surface area contributed by atoms with Gasteiger partial charge in [-0.3, -0.25) is 4.79 Å². The number of amides is 1. The molecule has 0 radical (unpaired) electrons. The highest BCUT2D eigenvalue weighted by Crippen LogP contribution is 2.21. The molecule has 1 aliphatic heterocycles. The van der Waals surface area contributed by atoms with E-state index in [-0.39, 0.29) is 11.8 Å². The molecule has 1 amide bonds. The number of carbonyl (C=O) groups excluding carboxylic acids is 2. The van der Waals surface area contributed by atoms with E-state index in [2.05, 4.69) is 14.9 Å². The lowest BCUT2D eigenvalue weighted by atomic mass is 9.94. The first-order valence-corrected chi connectivity index (χ1v) is 6.19. The van der Waals surface area contributed by atoms with E-state index >= 15 is 0 Å². The Kier molecular flexibility index (Phi) is 3.92. The third-order valence-electron chi connectivity index (χ3n) is 2.60. The minimum absolute atomic E-state index is 0.0567. The summed E-state index contributed by atoms with van der Waals surface area (Å²) in [4.78, 5) is 22.0. The lowest BCUT2D eigenvalue weighted by Gasteiger charge is -2.19. The van der Waals surface area contributed by atoms with Crippen LogP contribution in [0.5, 0.6) is 0 Å². The number of benzene rings is 1. The van der Waals surface area contributed by atoms with Crippen LogP contribution in [-0.2, 0) is 9.59 Å². The SMILES string of the molecule is C[C@H]1CC(=O)NN=C1c1ccc(SN=C=O)cc1. The molecule has 1 aliphatic rings. The number of hydrazone groups is 1. The van der Waals surface area contributed by atoms with Crippen molar-refractivity contribution in [2.75, 3.05) is 0 Å². The average Bonchev–Trinajstić information content (AvgIpc) is 2.37. The van der Waals surface area contributed by atoms with Crippen LogP contribution in [0.1, 0.15) is 18.9 Å². The Bertz CT molecular complexity index is 533. The molecule has 0 fully saturated rings. The second kappa shape index (κ2) is 5.62. The molecule has 0 spiro atoms. The van der Waals surface area contributed by atoms with Crippen LogP contribution >= 0.6 is 11.9 Å². The predicted molar refractivity (Wildman–Crippen MR) is 68.9 cm³/mol. The van der Waals surface area contributed by atoms with Gasteiger partial charge in [0.1, 0.15) is 0 Å². The van der Waals surface area contributed by atoms with Crippen LogP contribution in [0.15, 0.2) is 38.7 Å². The maximum Gasteiger partial charge on any atom is 0.247 e. The molecule has 1 heterocycles. The van der Waals surface area contributed by atoms with Crippen LogP contribution in [0.3, 0.4) is 0 Å². The Morgan fingerprint density at radius 1 is 1.44 bits per heavy atom. The van der Waals surface area contributed by atoms with Crippen LogP contribution in [0.4, 0.5) is 0 Å². The van der Waals surface area contributed by atoms with Crippen molar-refractivity contribution in [1.82, 2.24) is 5.43 Å². The van der Waals surface area contributed by atoms with Gasteiger partial charge >= 0.3 is 0 Å². The van der Waals surface area contributed by atoms with Crippen molar-refractivity contribution < 1.29 is 9.59 Å². The Balaban J connectivity index is 2.19. The lowest BCUT2D eigenvalue weighted by molar-refractivity contribution is -0.121. The summed E-state index contributed by atoms with van der Waals surface area (Å²) < 4.78 is 3.43. The molecule has 0 unspecified atom stereocenters. The molecular weight excluding hydrogens is 250 g/mol. The second-order valence-corrected chi connectivity index (χ2v) is 4.77. The zero-order valence-electron chi connectivity index (χ0n) is 9.71. The maximum absolute atomic E-state index is 11.2. The van der Waals surface area contributed by atoms with Gasteiger partial charge in [-0.25, -0.2) is 10.2 Å². The van der Waals surface area contributed by atoms with Crippen molar-refractivity contribution >= 4 is 29.6 Å². The monoisotopic (exact) mass is 261 g/mol. The Labute approximate surface area is 109 Å². The Hall–Kier alpha value is -1.91. The number of nitrogens with zero attached hydrogens (tertiary/aromatic N) is 2. The molecule has 2 rings (SSSR count). The summed E-state index contributed by atoms with van der Waals surface area (Å²) in [7, 11) is 0. The van der Waals surface area contributed by atoms with E-state index in [9.17, 15) is 9.59 Å². The third-order valence-corrected chi connectivity index (χ3v) is 3.25. The molecule has 0 saturated carbocycles. The molecule has 0 bridgehead atoms. The van der Waals surface area contributed by atoms with Crippen molar-refractivity contribution in [3.05, 3.63) is 29.8 Å². The highest BCUT2D eigenvalue weighted by atomic mass is 32.2. The number of hydrogen-bond acceptors (Lipinski definition) is 5. The van der Waals surface area contributed by atoms with Crippen LogP contribution in [-0.4, -0.2) is 17.7 Å². The summed E-state index contributed by atoms with van der Waals surface area (Å²) >= 11 is 1.07. The number of carbonyl (C=O) groups is 1. The minimum Gasteiger partial charge on any atom is -0.273 e. The van der Waals surface area contributed by atoms with Crippen LogP contribution in [0.2, 0.25) is 0 Å². The first-order chi connectivity index (χ1) is 8.70. The molecule has 1 aromatic rings. The van der Waals surface area contributed by atoms with Crippen molar-refractivity contribution in [2.24, 2.45) is 15.4 Å². The van der Waals surface area contributed by atoms with E-state index in [4.69, 9.17) is 0 Å². The third kappa shape index (κ3) is 2.85. The molecule has 0 aromatic heterocycles. The van der Waals surface area contributed by atoms with Gasteiger partial charge in [0.2, 0.25) is 12.0 Å². The Morgan fingerprint density at radius 2 is 2.17 bits per heavy atom. The molecule has 0 aliphatic carbocycles. The average molecular weight is 261 g/mol. The largest absolute Gasteiger partial charge is 0.273 e. The van der Waals surface area contributed by atoms with Crippen LogP contribution < -0.4 is 5.43 Å². The standard InChI is InChI=1S/C12H11N3O2S/c1-8-6-11(17)14-15-12(8)9-2-4-10(5-3-9)18-13-7-16/h2-5,8H,6H2,1H3,(H,14,17)/t8-/m0/s1. The maximum atomic E-state index is 11.2. The first-order valence-electron chi connectivity index (χ1n) is 5.41. The highest BCUT2D eigenvalue weighted by Gasteiger charge is 2.21. The van der Waals surface area contributed by atoms with Crippen molar-refractivity contribution in [3.63, 3.8) is 0 Å². The first kappa shape index (κ1) is 12.5. The smallest absolute Gasteiger partial charge is 0.247 e. The van der Waals surface area contributed by atoms with E-state index in [1.165, 1.54) is 6.08 Å². The zero-order chi connectivity index (χ0) is 13.0. The fraction of sp³-hybridized carbons (Fsp3) is 0.250. The fourth-order valence-electron chi connectivity index (χ4n) is 1.76. The van der Waals surface area contributed by atoms with Crippen LogP contribution in [0.25, 0.3) is 0 Å². The second-order valence-electron chi connectivity index (χ2n) is 3.94. The van der Waals surface area contributed by atoms with Crippen molar-refractivity contribution in [2.45, 2.75) is 18.2 Å². The summed E-state index contributed by atoms with van der Waals surface area (Å²) in [6.07, 6.45) is 1.92. The summed E-state index contributed by atoms with van der Waals surface area (Å²) in [5.74, 6) is 0.0454. The summed E-state index contributed by atoms with van der Waals surface area (Å²) in [6.45, 7) is 1.97. The van der Waals surface area contributed by atoms with Crippen LogP contribution in [0, 0.1) is 5.92 Å². The van der Waals surface area contributed by atoms with E-state index in [0.29, 0.717) is 6.42 Å². The fourth-order valence-corrected chi connectivity index (χ4v) is 2.16. The van der Waals surface area contributed by atoms with Gasteiger partial charge in [0.15, 0.2) is 0 Å². The van der Waals surface area contributed by atoms with Gasteiger partial charge in [-0.15, -0.1) is 4.40 Å². The summed E-state index contributed by atoms with van der Waals surface area (Å²) in [5, 5.41) is 4.08. The van der Waals surface area contributed by atoms with Gasteiger partial charge in [0.05, 0.1) is 5.71 Å². The van der Waals surface area contributed by atoms with Crippen molar-refractivity contribution in [1.29, 1.82) is 0 Å².